The molecule has 0 aromatic heterocycles. The number of hydrogen-bond acceptors (Lipinski definition) is 4. The van der Waals surface area contributed by atoms with Gasteiger partial charge in [0.15, 0.2) is 5.96 Å². The van der Waals surface area contributed by atoms with Crippen molar-refractivity contribution in [1.82, 2.24) is 15.4 Å². The number of benzene rings is 1. The molecule has 1 unspecified atom stereocenters. The molecule has 0 saturated carbocycles. The number of nitrogens with zero attached hydrogens (tertiary/aromatic N) is 2. The van der Waals surface area contributed by atoms with E-state index in [1.54, 1.807) is 0 Å². The molecule has 9 heteroatoms. The third-order valence-electron chi connectivity index (χ3n) is 4.02. The summed E-state index contributed by atoms with van der Waals surface area (Å²) in [6, 6.07) is 8.21. The molecule has 0 spiro atoms. The van der Waals surface area contributed by atoms with Crippen LogP contribution in [0.25, 0.3) is 0 Å². The molecule has 1 fully saturated rings. The van der Waals surface area contributed by atoms with Crippen molar-refractivity contribution in [3.63, 3.8) is 0 Å². The van der Waals surface area contributed by atoms with Gasteiger partial charge >= 0.3 is 0 Å². The average molecular weight is 402 g/mol. The minimum Gasteiger partial charge on any atom is -0.369 e. The van der Waals surface area contributed by atoms with E-state index in [4.69, 9.17) is 11.6 Å². The first kappa shape index (κ1) is 20.8. The van der Waals surface area contributed by atoms with Gasteiger partial charge in [-0.1, -0.05) is 17.7 Å². The molecule has 3 N–H and O–H groups in total. The molecule has 1 saturated heterocycles. The highest BCUT2D eigenvalue weighted by Gasteiger charge is 2.23. The molecule has 2 rings (SSSR count). The second-order valence-corrected chi connectivity index (χ2v) is 8.61. The third kappa shape index (κ3) is 7.39. The lowest BCUT2D eigenvalue weighted by Gasteiger charge is -2.20. The number of sulfonamides is 1. The molecule has 0 bridgehead atoms. The Morgan fingerprint density at radius 1 is 1.42 bits per heavy atom. The van der Waals surface area contributed by atoms with Crippen LogP contribution in [0.4, 0.5) is 5.69 Å². The van der Waals surface area contributed by atoms with Gasteiger partial charge in [0.25, 0.3) is 0 Å². The van der Waals surface area contributed by atoms with Gasteiger partial charge < -0.3 is 15.5 Å². The van der Waals surface area contributed by atoms with E-state index < -0.39 is 10.0 Å². The lowest BCUT2D eigenvalue weighted by Crippen LogP contribution is -2.44. The summed E-state index contributed by atoms with van der Waals surface area (Å²) in [5.41, 5.74) is 1.13. The second kappa shape index (κ2) is 9.99. The number of rotatable bonds is 8. The Balaban J connectivity index is 1.82. The fourth-order valence-corrected chi connectivity index (χ4v) is 3.53. The molecule has 1 aliphatic rings. The maximum absolute atomic E-state index is 11.0. The van der Waals surface area contributed by atoms with E-state index in [9.17, 15) is 8.42 Å². The third-order valence-corrected chi connectivity index (χ3v) is 4.98. The summed E-state index contributed by atoms with van der Waals surface area (Å²) in [7, 11) is -3.13. The Kier molecular flexibility index (Phi) is 7.99. The van der Waals surface area contributed by atoms with Gasteiger partial charge in [-0.25, -0.2) is 13.1 Å². The molecular weight excluding hydrogens is 374 g/mol. The summed E-state index contributed by atoms with van der Waals surface area (Å²) >= 11 is 6.08. The number of halogens is 1. The van der Waals surface area contributed by atoms with Crippen LogP contribution in [0.5, 0.6) is 0 Å². The smallest absolute Gasteiger partial charge is 0.208 e. The van der Waals surface area contributed by atoms with E-state index in [0.717, 1.165) is 49.0 Å². The molecule has 1 atom stereocenters. The van der Waals surface area contributed by atoms with Gasteiger partial charge in [0.2, 0.25) is 10.0 Å². The molecule has 146 valence electrons. The highest BCUT2D eigenvalue weighted by Crippen LogP contribution is 2.23. The van der Waals surface area contributed by atoms with Crippen molar-refractivity contribution in [2.24, 2.45) is 4.99 Å². The molecule has 1 aromatic rings. The van der Waals surface area contributed by atoms with Crippen molar-refractivity contribution in [2.45, 2.75) is 25.8 Å². The standard InChI is InChI=1S/C17H28ClN5O2S/c1-3-19-17(20-9-5-10-21-26(2,24)25)22-15-8-11-23(13-15)16-7-4-6-14(18)12-16/h4,6-7,12,15,21H,3,5,8-11,13H2,1-2H3,(H2,19,20,22). The zero-order chi connectivity index (χ0) is 19.0. The minimum atomic E-state index is -3.13. The van der Waals surface area contributed by atoms with Crippen LogP contribution in [0.2, 0.25) is 5.02 Å². The van der Waals surface area contributed by atoms with Crippen molar-refractivity contribution in [3.05, 3.63) is 29.3 Å². The molecule has 1 aliphatic heterocycles. The first-order valence-electron chi connectivity index (χ1n) is 8.87. The van der Waals surface area contributed by atoms with E-state index in [1.807, 2.05) is 25.1 Å². The van der Waals surface area contributed by atoms with Crippen molar-refractivity contribution in [1.29, 1.82) is 0 Å². The highest BCUT2D eigenvalue weighted by molar-refractivity contribution is 7.88. The van der Waals surface area contributed by atoms with Gasteiger partial charge in [0.05, 0.1) is 6.26 Å². The summed E-state index contributed by atoms with van der Waals surface area (Å²) in [6.07, 6.45) is 2.84. The Morgan fingerprint density at radius 2 is 2.23 bits per heavy atom. The van der Waals surface area contributed by atoms with Crippen molar-refractivity contribution in [2.75, 3.05) is 43.9 Å². The summed E-state index contributed by atoms with van der Waals surface area (Å²) in [6.45, 7) is 5.61. The largest absolute Gasteiger partial charge is 0.369 e. The molecule has 26 heavy (non-hydrogen) atoms. The first-order chi connectivity index (χ1) is 12.4. The minimum absolute atomic E-state index is 0.306. The Labute approximate surface area is 161 Å². The summed E-state index contributed by atoms with van der Waals surface area (Å²) in [5.74, 6) is 0.768. The summed E-state index contributed by atoms with van der Waals surface area (Å²) in [4.78, 5) is 6.84. The topological polar surface area (TPSA) is 85.8 Å². The van der Waals surface area contributed by atoms with Gasteiger partial charge in [-0.2, -0.15) is 0 Å². The Bertz CT molecular complexity index is 711. The van der Waals surface area contributed by atoms with Gasteiger partial charge in [0.1, 0.15) is 0 Å². The molecule has 0 aliphatic carbocycles. The van der Waals surface area contributed by atoms with E-state index >= 15 is 0 Å². The first-order valence-corrected chi connectivity index (χ1v) is 11.1. The van der Waals surface area contributed by atoms with Crippen LogP contribution < -0.4 is 20.3 Å². The SMILES string of the molecule is CCNC(=NCCCNS(C)(=O)=O)NC1CCN(c2cccc(Cl)c2)C1. The fourth-order valence-electron chi connectivity index (χ4n) is 2.83. The van der Waals surface area contributed by atoms with E-state index in [2.05, 4.69) is 31.3 Å². The van der Waals surface area contributed by atoms with Gasteiger partial charge in [-0.15, -0.1) is 0 Å². The number of hydrogen-bond donors (Lipinski definition) is 3. The zero-order valence-electron chi connectivity index (χ0n) is 15.3. The number of aliphatic imine (C=N–C) groups is 1. The van der Waals surface area contributed by atoms with E-state index in [-0.39, 0.29) is 0 Å². The lowest BCUT2D eigenvalue weighted by molar-refractivity contribution is 0.585. The number of nitrogens with one attached hydrogen (secondary N) is 3. The lowest BCUT2D eigenvalue weighted by atomic mass is 10.2. The highest BCUT2D eigenvalue weighted by atomic mass is 35.5. The average Bonchev–Trinajstić information content (AvgIpc) is 3.02. The van der Waals surface area contributed by atoms with Crippen LogP contribution in [0, 0.1) is 0 Å². The van der Waals surface area contributed by atoms with Gasteiger partial charge in [-0.05, 0) is 38.0 Å². The van der Waals surface area contributed by atoms with Crippen LogP contribution in [0.3, 0.4) is 0 Å². The van der Waals surface area contributed by atoms with E-state index in [1.165, 1.54) is 0 Å². The predicted octanol–water partition coefficient (Wildman–Crippen LogP) is 1.41. The zero-order valence-corrected chi connectivity index (χ0v) is 16.9. The van der Waals surface area contributed by atoms with E-state index in [0.29, 0.717) is 25.6 Å². The van der Waals surface area contributed by atoms with Gasteiger partial charge in [0, 0.05) is 49.5 Å². The number of guanidine groups is 1. The summed E-state index contributed by atoms with van der Waals surface area (Å²) < 4.78 is 24.6. The molecule has 0 amide bonds. The van der Waals surface area contributed by atoms with Crippen LogP contribution in [0.15, 0.2) is 29.3 Å². The Hall–Kier alpha value is -1.51. The molecule has 7 nitrogen and oxygen atoms in total. The van der Waals surface area contributed by atoms with Gasteiger partial charge in [-0.3, -0.25) is 4.99 Å². The normalized spacial score (nSPS) is 18.2. The maximum atomic E-state index is 11.0. The molecular formula is C17H28ClN5O2S. The van der Waals surface area contributed by atoms with Crippen LogP contribution in [-0.4, -0.2) is 59.4 Å². The molecule has 0 radical (unpaired) electrons. The van der Waals surface area contributed by atoms with Crippen molar-refractivity contribution in [3.8, 4) is 0 Å². The monoisotopic (exact) mass is 401 g/mol. The van der Waals surface area contributed by atoms with Crippen molar-refractivity contribution < 1.29 is 8.42 Å². The predicted molar refractivity (Wildman–Crippen MR) is 109 cm³/mol. The fraction of sp³-hybridized carbons (Fsp3) is 0.588. The molecule has 1 heterocycles. The second-order valence-electron chi connectivity index (χ2n) is 6.34. The van der Waals surface area contributed by atoms with Crippen LogP contribution in [-0.2, 0) is 10.0 Å². The molecule has 1 aromatic carbocycles. The van der Waals surface area contributed by atoms with Crippen molar-refractivity contribution >= 4 is 33.3 Å². The van der Waals surface area contributed by atoms with Crippen LogP contribution >= 0.6 is 11.6 Å². The Morgan fingerprint density at radius 3 is 2.92 bits per heavy atom. The summed E-state index contributed by atoms with van der Waals surface area (Å²) in [5, 5.41) is 7.45. The number of anilines is 1. The quantitative estimate of drug-likeness (QED) is 0.348. The maximum Gasteiger partial charge on any atom is 0.208 e. The van der Waals surface area contributed by atoms with Crippen LogP contribution in [0.1, 0.15) is 19.8 Å².